The maximum absolute atomic E-state index is 10.6. The van der Waals surface area contributed by atoms with Gasteiger partial charge in [-0.2, -0.15) is 0 Å². The van der Waals surface area contributed by atoms with E-state index in [-0.39, 0.29) is 11.5 Å². The van der Waals surface area contributed by atoms with Gasteiger partial charge in [-0.3, -0.25) is 4.79 Å². The lowest BCUT2D eigenvalue weighted by Gasteiger charge is -1.97. The third kappa shape index (κ3) is 2.93. The molecule has 1 N–H and O–H groups in total. The molecular weight excluding hydrogens is 146 g/mol. The molecule has 0 heterocycles. The highest BCUT2D eigenvalue weighted by molar-refractivity contribution is 5.93. The predicted molar refractivity (Wildman–Crippen MR) is 41.0 cm³/mol. The van der Waals surface area contributed by atoms with Crippen molar-refractivity contribution in [1.29, 1.82) is 0 Å². The van der Waals surface area contributed by atoms with Crippen molar-refractivity contribution in [3.8, 4) is 0 Å². The van der Waals surface area contributed by atoms with E-state index in [0.717, 1.165) is 0 Å². The number of hydrogen-bond acceptors (Lipinski definition) is 4. The van der Waals surface area contributed by atoms with E-state index in [1.165, 1.54) is 6.92 Å². The lowest BCUT2D eigenvalue weighted by atomic mass is 10.2. The number of carbonyl (C=O) groups is 1. The summed E-state index contributed by atoms with van der Waals surface area (Å²) >= 11 is 0. The molecule has 0 saturated heterocycles. The summed E-state index contributed by atoms with van der Waals surface area (Å²) < 4.78 is 0. The number of rotatable bonds is 4. The number of aliphatic hydroxyl groups is 1. The van der Waals surface area contributed by atoms with E-state index < -0.39 is 5.78 Å². The second kappa shape index (κ2) is 4.60. The van der Waals surface area contributed by atoms with Crippen LogP contribution in [0.5, 0.6) is 0 Å². The molecule has 0 rings (SSSR count). The first-order valence-corrected chi connectivity index (χ1v) is 3.39. The summed E-state index contributed by atoms with van der Waals surface area (Å²) in [5.74, 6) is -0.707. The van der Waals surface area contributed by atoms with E-state index >= 15 is 0 Å². The van der Waals surface area contributed by atoms with Gasteiger partial charge in [-0.1, -0.05) is 6.92 Å². The average molecular weight is 157 g/mol. The van der Waals surface area contributed by atoms with Gasteiger partial charge in [0.2, 0.25) is 0 Å². The van der Waals surface area contributed by atoms with Crippen LogP contribution in [0.1, 0.15) is 26.7 Å². The SMILES string of the molecule is CCC/C(O)=C(\N=O)C(C)=O. The van der Waals surface area contributed by atoms with E-state index in [2.05, 4.69) is 5.18 Å². The Balaban J connectivity index is 4.53. The van der Waals surface area contributed by atoms with Crippen molar-refractivity contribution in [2.45, 2.75) is 26.7 Å². The molecule has 0 spiro atoms. The first kappa shape index (κ1) is 9.81. The maximum Gasteiger partial charge on any atom is 0.187 e. The molecule has 0 radical (unpaired) electrons. The van der Waals surface area contributed by atoms with Crippen LogP contribution < -0.4 is 0 Å². The molecule has 0 aromatic rings. The first-order chi connectivity index (χ1) is 5.13. The maximum atomic E-state index is 10.6. The van der Waals surface area contributed by atoms with Crippen molar-refractivity contribution in [2.75, 3.05) is 0 Å². The van der Waals surface area contributed by atoms with Crippen LogP contribution in [0.3, 0.4) is 0 Å². The number of nitroso groups, excluding NO2 is 1. The third-order valence-electron chi connectivity index (χ3n) is 1.18. The smallest absolute Gasteiger partial charge is 0.187 e. The fourth-order valence-electron chi connectivity index (χ4n) is 0.675. The van der Waals surface area contributed by atoms with Crippen LogP contribution in [-0.4, -0.2) is 10.9 Å². The molecule has 0 unspecified atom stereocenters. The topological polar surface area (TPSA) is 66.7 Å². The number of nitrogens with zero attached hydrogens (tertiary/aromatic N) is 1. The van der Waals surface area contributed by atoms with E-state index in [9.17, 15) is 9.70 Å². The quantitative estimate of drug-likeness (QED) is 0.385. The summed E-state index contributed by atoms with van der Waals surface area (Å²) in [7, 11) is 0. The Bertz CT molecular complexity index is 196. The van der Waals surface area contributed by atoms with Crippen LogP contribution in [0, 0.1) is 4.91 Å². The van der Waals surface area contributed by atoms with Crippen molar-refractivity contribution < 1.29 is 9.90 Å². The number of ketones is 1. The molecule has 0 aromatic carbocycles. The van der Waals surface area contributed by atoms with Crippen LogP contribution in [0.2, 0.25) is 0 Å². The molecule has 0 bridgehead atoms. The second-order valence-corrected chi connectivity index (χ2v) is 2.19. The zero-order valence-electron chi connectivity index (χ0n) is 6.63. The van der Waals surface area contributed by atoms with Crippen molar-refractivity contribution in [3.63, 3.8) is 0 Å². The van der Waals surface area contributed by atoms with Crippen molar-refractivity contribution in [3.05, 3.63) is 16.4 Å². The molecule has 11 heavy (non-hydrogen) atoms. The zero-order valence-corrected chi connectivity index (χ0v) is 6.63. The van der Waals surface area contributed by atoms with Gasteiger partial charge >= 0.3 is 0 Å². The minimum atomic E-state index is -0.494. The largest absolute Gasteiger partial charge is 0.510 e. The fourth-order valence-corrected chi connectivity index (χ4v) is 0.675. The van der Waals surface area contributed by atoms with Crippen molar-refractivity contribution in [1.82, 2.24) is 0 Å². The Kier molecular flexibility index (Phi) is 4.10. The minimum Gasteiger partial charge on any atom is -0.510 e. The molecule has 0 amide bonds. The van der Waals surface area contributed by atoms with Crippen LogP contribution in [-0.2, 0) is 4.79 Å². The second-order valence-electron chi connectivity index (χ2n) is 2.19. The van der Waals surface area contributed by atoms with Crippen LogP contribution in [0.4, 0.5) is 0 Å². The van der Waals surface area contributed by atoms with Gasteiger partial charge in [0.1, 0.15) is 5.76 Å². The van der Waals surface area contributed by atoms with Crippen molar-refractivity contribution in [2.24, 2.45) is 5.18 Å². The first-order valence-electron chi connectivity index (χ1n) is 3.39. The molecule has 0 aliphatic heterocycles. The van der Waals surface area contributed by atoms with Crippen LogP contribution >= 0.6 is 0 Å². The molecule has 0 saturated carbocycles. The Hall–Kier alpha value is -1.19. The standard InChI is InChI=1S/C7H11NO3/c1-3-4-6(10)7(8-11)5(2)9/h10H,3-4H2,1-2H3/b7-6+. The highest BCUT2D eigenvalue weighted by Gasteiger charge is 2.09. The molecular formula is C7H11NO3. The molecule has 0 aromatic heterocycles. The molecule has 0 aliphatic rings. The summed E-state index contributed by atoms with van der Waals surface area (Å²) in [6, 6.07) is 0. The van der Waals surface area contributed by atoms with E-state index in [1.54, 1.807) is 0 Å². The van der Waals surface area contributed by atoms with Gasteiger partial charge in [0, 0.05) is 13.3 Å². The van der Waals surface area contributed by atoms with Gasteiger partial charge in [0.15, 0.2) is 11.5 Å². The lowest BCUT2D eigenvalue weighted by Crippen LogP contribution is -1.98. The summed E-state index contributed by atoms with van der Waals surface area (Å²) in [6.07, 6.45) is 0.999. The van der Waals surface area contributed by atoms with E-state index in [4.69, 9.17) is 5.11 Å². The highest BCUT2D eigenvalue weighted by atomic mass is 16.3. The van der Waals surface area contributed by atoms with Crippen molar-refractivity contribution >= 4 is 5.78 Å². The molecule has 4 heteroatoms. The Labute approximate surface area is 64.9 Å². The molecule has 62 valence electrons. The number of allylic oxidation sites excluding steroid dienone is 2. The summed E-state index contributed by atoms with van der Waals surface area (Å²) in [5, 5.41) is 11.5. The molecule has 0 aliphatic carbocycles. The molecule has 0 fully saturated rings. The number of aliphatic hydroxyl groups excluding tert-OH is 1. The Morgan fingerprint density at radius 3 is 2.36 bits per heavy atom. The predicted octanol–water partition coefficient (Wildman–Crippen LogP) is 1.91. The molecule has 0 atom stereocenters. The number of Topliss-reactive ketones (excluding diaryl/α,β-unsaturated/α-hetero) is 1. The van der Waals surface area contributed by atoms with Crippen LogP contribution in [0.25, 0.3) is 0 Å². The zero-order chi connectivity index (χ0) is 8.85. The van der Waals surface area contributed by atoms with E-state index in [1.807, 2.05) is 6.92 Å². The van der Waals surface area contributed by atoms with Gasteiger partial charge in [0.25, 0.3) is 0 Å². The average Bonchev–Trinajstić information content (AvgIpc) is 1.88. The Morgan fingerprint density at radius 2 is 2.09 bits per heavy atom. The Morgan fingerprint density at radius 1 is 1.55 bits per heavy atom. The van der Waals surface area contributed by atoms with E-state index in [0.29, 0.717) is 12.8 Å². The van der Waals surface area contributed by atoms with Gasteiger partial charge in [0.05, 0.1) is 0 Å². The normalized spacial score (nSPS) is 12.2. The van der Waals surface area contributed by atoms with Gasteiger partial charge < -0.3 is 5.11 Å². The third-order valence-corrected chi connectivity index (χ3v) is 1.18. The summed E-state index contributed by atoms with van der Waals surface area (Å²) in [6.45, 7) is 3.03. The van der Waals surface area contributed by atoms with Gasteiger partial charge in [-0.15, -0.1) is 4.91 Å². The van der Waals surface area contributed by atoms with Gasteiger partial charge in [-0.25, -0.2) is 0 Å². The fraction of sp³-hybridized carbons (Fsp3) is 0.571. The number of hydrogen-bond donors (Lipinski definition) is 1. The summed E-state index contributed by atoms with van der Waals surface area (Å²) in [5.41, 5.74) is -0.355. The monoisotopic (exact) mass is 157 g/mol. The number of carbonyl (C=O) groups excluding carboxylic acids is 1. The van der Waals surface area contributed by atoms with Crippen LogP contribution in [0.15, 0.2) is 16.6 Å². The van der Waals surface area contributed by atoms with Gasteiger partial charge in [-0.05, 0) is 11.6 Å². The highest BCUT2D eigenvalue weighted by Crippen LogP contribution is 2.09. The molecule has 4 nitrogen and oxygen atoms in total. The summed E-state index contributed by atoms with van der Waals surface area (Å²) in [4.78, 5) is 20.6. The minimum absolute atomic E-state index is 0.213. The lowest BCUT2D eigenvalue weighted by molar-refractivity contribution is -0.113.